The Kier molecular flexibility index (Phi) is 4.58. The monoisotopic (exact) mass is 332 g/mol. The second-order valence-corrected chi connectivity index (χ2v) is 7.38. The van der Waals surface area contributed by atoms with Crippen molar-refractivity contribution >= 4 is 5.69 Å². The highest BCUT2D eigenvalue weighted by Crippen LogP contribution is 2.25. The zero-order valence-electron chi connectivity index (χ0n) is 14.8. The third-order valence-corrected chi connectivity index (χ3v) is 4.52. The van der Waals surface area contributed by atoms with Crippen molar-refractivity contribution in [1.29, 1.82) is 0 Å². The van der Waals surface area contributed by atoms with Crippen LogP contribution < -0.4 is 4.90 Å². The highest BCUT2D eigenvalue weighted by atomic mass is 19.1. The van der Waals surface area contributed by atoms with Gasteiger partial charge in [0.25, 0.3) is 0 Å². The molecule has 1 saturated heterocycles. The van der Waals surface area contributed by atoms with Gasteiger partial charge in [-0.3, -0.25) is 4.90 Å². The smallest absolute Gasteiger partial charge is 0.243 e. The number of halogens is 1. The minimum atomic E-state index is -0.197. The average molecular weight is 332 g/mol. The van der Waals surface area contributed by atoms with Crippen molar-refractivity contribution in [2.75, 3.05) is 31.1 Å². The lowest BCUT2D eigenvalue weighted by Gasteiger charge is -2.38. The first-order valence-electron chi connectivity index (χ1n) is 8.43. The van der Waals surface area contributed by atoms with Crippen LogP contribution in [0.3, 0.4) is 0 Å². The van der Waals surface area contributed by atoms with Gasteiger partial charge in [-0.15, -0.1) is 0 Å². The summed E-state index contributed by atoms with van der Waals surface area (Å²) in [5.74, 6) is 1.22. The lowest BCUT2D eigenvalue weighted by Crippen LogP contribution is -2.47. The number of hydrogen-bond donors (Lipinski definition) is 0. The zero-order chi connectivity index (χ0) is 17.3. The quantitative estimate of drug-likeness (QED) is 0.862. The van der Waals surface area contributed by atoms with Crippen molar-refractivity contribution in [3.05, 3.63) is 41.8 Å². The van der Waals surface area contributed by atoms with E-state index in [9.17, 15) is 4.39 Å². The summed E-state index contributed by atoms with van der Waals surface area (Å²) in [6, 6.07) is 6.79. The molecule has 1 aromatic carbocycles. The molecule has 5 nitrogen and oxygen atoms in total. The summed E-state index contributed by atoms with van der Waals surface area (Å²) in [6.07, 6.45) is 0. The third-order valence-electron chi connectivity index (χ3n) is 4.52. The first kappa shape index (κ1) is 16.9. The predicted molar refractivity (Wildman–Crippen MR) is 91.6 cm³/mol. The molecule has 1 aromatic heterocycles. The van der Waals surface area contributed by atoms with Crippen LogP contribution in [0.15, 0.2) is 28.8 Å². The van der Waals surface area contributed by atoms with Gasteiger partial charge in [0.2, 0.25) is 5.89 Å². The van der Waals surface area contributed by atoms with E-state index in [0.717, 1.165) is 37.7 Å². The molecule has 0 saturated carbocycles. The Hall–Kier alpha value is -1.95. The Morgan fingerprint density at radius 3 is 2.25 bits per heavy atom. The van der Waals surface area contributed by atoms with Crippen molar-refractivity contribution in [2.24, 2.45) is 0 Å². The number of benzene rings is 1. The Bertz CT molecular complexity index is 669. The van der Waals surface area contributed by atoms with Crippen LogP contribution in [0.5, 0.6) is 0 Å². The second-order valence-electron chi connectivity index (χ2n) is 7.38. The van der Waals surface area contributed by atoms with Gasteiger partial charge in [-0.1, -0.05) is 25.9 Å². The van der Waals surface area contributed by atoms with E-state index >= 15 is 0 Å². The summed E-state index contributed by atoms with van der Waals surface area (Å²) in [5.41, 5.74) is 0.958. The highest BCUT2D eigenvalue weighted by molar-refractivity contribution is 5.46. The summed E-state index contributed by atoms with van der Waals surface area (Å²) >= 11 is 0. The molecular formula is C18H25FN4O. The molecule has 130 valence electrons. The Balaban J connectivity index is 1.61. The normalized spacial score (nSPS) is 18.0. The molecule has 0 bridgehead atoms. The molecule has 1 aliphatic heterocycles. The van der Waals surface area contributed by atoms with Gasteiger partial charge in [0, 0.05) is 37.3 Å². The Morgan fingerprint density at radius 1 is 1.08 bits per heavy atom. The molecule has 1 atom stereocenters. The topological polar surface area (TPSA) is 45.4 Å². The molecule has 1 aliphatic rings. The summed E-state index contributed by atoms with van der Waals surface area (Å²) in [7, 11) is 0. The van der Waals surface area contributed by atoms with Crippen molar-refractivity contribution in [2.45, 2.75) is 39.2 Å². The van der Waals surface area contributed by atoms with Crippen LogP contribution in [0.4, 0.5) is 10.1 Å². The molecular weight excluding hydrogens is 307 g/mol. The molecule has 0 amide bonds. The first-order valence-corrected chi connectivity index (χ1v) is 8.43. The largest absolute Gasteiger partial charge is 0.369 e. The maximum Gasteiger partial charge on any atom is 0.243 e. The number of anilines is 1. The van der Waals surface area contributed by atoms with Gasteiger partial charge in [-0.2, -0.15) is 4.98 Å². The molecule has 0 spiro atoms. The Morgan fingerprint density at radius 2 is 1.71 bits per heavy atom. The van der Waals surface area contributed by atoms with Gasteiger partial charge in [0.05, 0.1) is 6.04 Å². The summed E-state index contributed by atoms with van der Waals surface area (Å²) < 4.78 is 18.5. The Labute approximate surface area is 142 Å². The van der Waals surface area contributed by atoms with Crippen LogP contribution >= 0.6 is 0 Å². The molecule has 2 aromatic rings. The number of piperazine rings is 1. The number of rotatable bonds is 3. The van der Waals surface area contributed by atoms with Crippen LogP contribution in [0, 0.1) is 5.82 Å². The van der Waals surface area contributed by atoms with Gasteiger partial charge in [0.15, 0.2) is 5.82 Å². The fraction of sp³-hybridized carbons (Fsp3) is 0.556. The molecule has 2 heterocycles. The number of hydrogen-bond acceptors (Lipinski definition) is 5. The van der Waals surface area contributed by atoms with Crippen LogP contribution in [0.25, 0.3) is 0 Å². The number of aromatic nitrogens is 2. The molecule has 0 unspecified atom stereocenters. The molecule has 0 N–H and O–H groups in total. The van der Waals surface area contributed by atoms with E-state index in [0.29, 0.717) is 5.89 Å². The molecule has 24 heavy (non-hydrogen) atoms. The predicted octanol–water partition coefficient (Wildman–Crippen LogP) is 3.39. The second kappa shape index (κ2) is 6.51. The van der Waals surface area contributed by atoms with Crippen LogP contribution in [0.1, 0.15) is 45.5 Å². The maximum atomic E-state index is 13.0. The summed E-state index contributed by atoms with van der Waals surface area (Å²) in [4.78, 5) is 9.19. The standard InChI is InChI=1S/C18H25FN4O/c1-13(16-20-17(21-24-16)18(2,3)4)22-9-11-23(12-10-22)15-7-5-14(19)6-8-15/h5-8,13H,9-12H2,1-4H3/t13-/m1/s1. The van der Waals surface area contributed by atoms with Gasteiger partial charge in [-0.25, -0.2) is 4.39 Å². The molecule has 6 heteroatoms. The first-order chi connectivity index (χ1) is 11.3. The van der Waals surface area contributed by atoms with Gasteiger partial charge >= 0.3 is 0 Å². The third kappa shape index (κ3) is 3.59. The van der Waals surface area contributed by atoms with E-state index in [-0.39, 0.29) is 17.3 Å². The molecule has 1 fully saturated rings. The molecule has 0 radical (unpaired) electrons. The van der Waals surface area contributed by atoms with E-state index in [1.807, 2.05) is 12.1 Å². The summed E-state index contributed by atoms with van der Waals surface area (Å²) in [5, 5.41) is 4.12. The number of nitrogens with zero attached hydrogens (tertiary/aromatic N) is 4. The highest BCUT2D eigenvalue weighted by Gasteiger charge is 2.28. The minimum absolute atomic E-state index is 0.101. The lowest BCUT2D eigenvalue weighted by molar-refractivity contribution is 0.164. The van der Waals surface area contributed by atoms with Crippen LogP contribution in [-0.2, 0) is 5.41 Å². The zero-order valence-corrected chi connectivity index (χ0v) is 14.8. The van der Waals surface area contributed by atoms with Gasteiger partial charge in [-0.05, 0) is 31.2 Å². The van der Waals surface area contributed by atoms with E-state index < -0.39 is 0 Å². The van der Waals surface area contributed by atoms with Crippen molar-refractivity contribution in [3.8, 4) is 0 Å². The average Bonchev–Trinajstić information content (AvgIpc) is 3.05. The molecule has 3 rings (SSSR count). The van der Waals surface area contributed by atoms with Crippen LogP contribution in [-0.4, -0.2) is 41.2 Å². The molecule has 0 aliphatic carbocycles. The van der Waals surface area contributed by atoms with Gasteiger partial charge < -0.3 is 9.42 Å². The van der Waals surface area contributed by atoms with E-state index in [1.165, 1.54) is 12.1 Å². The van der Waals surface area contributed by atoms with Gasteiger partial charge in [0.1, 0.15) is 5.82 Å². The summed E-state index contributed by atoms with van der Waals surface area (Å²) in [6.45, 7) is 12.0. The van der Waals surface area contributed by atoms with E-state index in [4.69, 9.17) is 4.52 Å². The minimum Gasteiger partial charge on any atom is -0.369 e. The maximum absolute atomic E-state index is 13.0. The van der Waals surface area contributed by atoms with Crippen molar-refractivity contribution < 1.29 is 8.91 Å². The van der Waals surface area contributed by atoms with Crippen molar-refractivity contribution in [3.63, 3.8) is 0 Å². The SMILES string of the molecule is C[C@H](c1nc(C(C)(C)C)no1)N1CCN(c2ccc(F)cc2)CC1. The van der Waals surface area contributed by atoms with Crippen LogP contribution in [0.2, 0.25) is 0 Å². The lowest BCUT2D eigenvalue weighted by atomic mass is 9.96. The van der Waals surface area contributed by atoms with Crippen molar-refractivity contribution in [1.82, 2.24) is 15.0 Å². The van der Waals surface area contributed by atoms with E-state index in [2.05, 4.69) is 47.6 Å². The fourth-order valence-corrected chi connectivity index (χ4v) is 2.89. The fourth-order valence-electron chi connectivity index (χ4n) is 2.89. The van der Waals surface area contributed by atoms with E-state index in [1.54, 1.807) is 0 Å².